The molecule has 0 aliphatic carbocycles. The molecular formula is C15H23NO4. The van der Waals surface area contributed by atoms with Crippen LogP contribution in [0.25, 0.3) is 0 Å². The lowest BCUT2D eigenvalue weighted by molar-refractivity contribution is -0.137. The van der Waals surface area contributed by atoms with Crippen molar-refractivity contribution in [2.24, 2.45) is 0 Å². The zero-order valence-corrected chi connectivity index (χ0v) is 12.1. The number of benzene rings is 1. The Morgan fingerprint density at radius 2 is 2.00 bits per heavy atom. The van der Waals surface area contributed by atoms with E-state index in [0.717, 1.165) is 24.3 Å². The maximum atomic E-state index is 10.9. The van der Waals surface area contributed by atoms with Gasteiger partial charge in [-0.05, 0) is 37.1 Å². The largest absolute Gasteiger partial charge is 0.497 e. The van der Waals surface area contributed by atoms with Gasteiger partial charge in [0.2, 0.25) is 0 Å². The van der Waals surface area contributed by atoms with Gasteiger partial charge in [0.1, 0.15) is 5.75 Å². The van der Waals surface area contributed by atoms with Gasteiger partial charge in [-0.1, -0.05) is 12.1 Å². The van der Waals surface area contributed by atoms with E-state index in [4.69, 9.17) is 14.6 Å². The van der Waals surface area contributed by atoms with Crippen LogP contribution in [-0.4, -0.2) is 44.5 Å². The normalized spacial score (nSPS) is 12.1. The molecule has 0 amide bonds. The molecule has 1 aromatic rings. The summed E-state index contributed by atoms with van der Waals surface area (Å²) in [5.41, 5.74) is 1.09. The Hall–Kier alpha value is -1.59. The topological polar surface area (TPSA) is 67.8 Å². The van der Waals surface area contributed by atoms with Crippen molar-refractivity contribution in [2.75, 3.05) is 27.4 Å². The second-order valence-corrected chi connectivity index (χ2v) is 4.65. The molecule has 1 unspecified atom stereocenters. The maximum Gasteiger partial charge on any atom is 0.304 e. The van der Waals surface area contributed by atoms with Crippen LogP contribution in [0.5, 0.6) is 5.75 Å². The van der Waals surface area contributed by atoms with E-state index in [0.29, 0.717) is 13.0 Å². The average Bonchev–Trinajstić information content (AvgIpc) is 2.43. The van der Waals surface area contributed by atoms with Crippen LogP contribution in [0.4, 0.5) is 0 Å². The lowest BCUT2D eigenvalue weighted by atomic mass is 10.0. The van der Waals surface area contributed by atoms with E-state index < -0.39 is 5.97 Å². The van der Waals surface area contributed by atoms with E-state index in [1.54, 1.807) is 14.2 Å². The molecule has 5 heteroatoms. The lowest BCUT2D eigenvalue weighted by Gasteiger charge is -2.17. The molecule has 0 saturated carbocycles. The minimum absolute atomic E-state index is 0.0715. The zero-order chi connectivity index (χ0) is 14.8. The minimum Gasteiger partial charge on any atom is -0.497 e. The monoisotopic (exact) mass is 281 g/mol. The van der Waals surface area contributed by atoms with Gasteiger partial charge in [0.25, 0.3) is 0 Å². The summed E-state index contributed by atoms with van der Waals surface area (Å²) in [6, 6.07) is 7.63. The summed E-state index contributed by atoms with van der Waals surface area (Å²) in [6.45, 7) is 1.43. The summed E-state index contributed by atoms with van der Waals surface area (Å²) < 4.78 is 10.1. The van der Waals surface area contributed by atoms with E-state index in [2.05, 4.69) is 5.32 Å². The predicted octanol–water partition coefficient (Wildman–Crippen LogP) is 1.71. The van der Waals surface area contributed by atoms with Crippen molar-refractivity contribution in [1.29, 1.82) is 0 Å². The van der Waals surface area contributed by atoms with Gasteiger partial charge >= 0.3 is 5.97 Å². The van der Waals surface area contributed by atoms with Crippen molar-refractivity contribution in [3.8, 4) is 5.75 Å². The quantitative estimate of drug-likeness (QED) is 0.639. The van der Waals surface area contributed by atoms with Crippen LogP contribution in [0.3, 0.4) is 0 Å². The molecule has 0 aliphatic heterocycles. The standard InChI is InChI=1S/C15H23NO4/c1-19-9-3-8-16-13(11-15(17)18)10-12-4-6-14(20-2)7-5-12/h4-7,13,16H,3,8-11H2,1-2H3,(H,17,18). The number of hydrogen-bond acceptors (Lipinski definition) is 4. The summed E-state index contributed by atoms with van der Waals surface area (Å²) in [6.07, 6.45) is 1.66. The van der Waals surface area contributed by atoms with Crippen molar-refractivity contribution < 1.29 is 19.4 Å². The highest BCUT2D eigenvalue weighted by Crippen LogP contribution is 2.13. The van der Waals surface area contributed by atoms with E-state index in [1.807, 2.05) is 24.3 Å². The van der Waals surface area contributed by atoms with Gasteiger partial charge in [-0.25, -0.2) is 0 Å². The Morgan fingerprint density at radius 3 is 2.55 bits per heavy atom. The Kier molecular flexibility index (Phi) is 7.69. The molecule has 1 rings (SSSR count). The van der Waals surface area contributed by atoms with Gasteiger partial charge in [0.15, 0.2) is 0 Å². The smallest absolute Gasteiger partial charge is 0.304 e. The van der Waals surface area contributed by atoms with E-state index in [-0.39, 0.29) is 12.5 Å². The molecule has 0 radical (unpaired) electrons. The molecule has 5 nitrogen and oxygen atoms in total. The fourth-order valence-corrected chi connectivity index (χ4v) is 2.00. The molecule has 20 heavy (non-hydrogen) atoms. The molecule has 2 N–H and O–H groups in total. The van der Waals surface area contributed by atoms with Gasteiger partial charge in [-0.2, -0.15) is 0 Å². The summed E-state index contributed by atoms with van der Waals surface area (Å²) in [5, 5.41) is 12.2. The number of methoxy groups -OCH3 is 2. The molecule has 0 aliphatic rings. The maximum absolute atomic E-state index is 10.9. The first-order valence-corrected chi connectivity index (χ1v) is 6.72. The highest BCUT2D eigenvalue weighted by Gasteiger charge is 2.13. The van der Waals surface area contributed by atoms with Gasteiger partial charge in [-0.15, -0.1) is 0 Å². The molecule has 0 fully saturated rings. The molecule has 0 saturated heterocycles. The number of carboxylic acids is 1. The Morgan fingerprint density at radius 1 is 1.30 bits per heavy atom. The van der Waals surface area contributed by atoms with E-state index in [9.17, 15) is 4.79 Å². The third-order valence-corrected chi connectivity index (χ3v) is 3.02. The molecule has 112 valence electrons. The van der Waals surface area contributed by atoms with Crippen molar-refractivity contribution in [3.05, 3.63) is 29.8 Å². The van der Waals surface area contributed by atoms with Crippen molar-refractivity contribution in [3.63, 3.8) is 0 Å². The predicted molar refractivity (Wildman–Crippen MR) is 77.2 cm³/mol. The summed E-state index contributed by atoms with van der Waals surface area (Å²) in [5.74, 6) is 0.0133. The molecular weight excluding hydrogens is 258 g/mol. The van der Waals surface area contributed by atoms with Crippen LogP contribution in [-0.2, 0) is 16.0 Å². The molecule has 0 bridgehead atoms. The van der Waals surface area contributed by atoms with Crippen LogP contribution in [0, 0.1) is 0 Å². The lowest BCUT2D eigenvalue weighted by Crippen LogP contribution is -2.34. The van der Waals surface area contributed by atoms with Crippen LogP contribution in [0.15, 0.2) is 24.3 Å². The Balaban J connectivity index is 2.51. The average molecular weight is 281 g/mol. The van der Waals surface area contributed by atoms with Gasteiger partial charge < -0.3 is 19.9 Å². The number of rotatable bonds is 10. The van der Waals surface area contributed by atoms with Gasteiger partial charge in [0.05, 0.1) is 13.5 Å². The number of nitrogens with one attached hydrogen (secondary N) is 1. The highest BCUT2D eigenvalue weighted by atomic mass is 16.5. The minimum atomic E-state index is -0.789. The first-order chi connectivity index (χ1) is 9.65. The number of carbonyl (C=O) groups is 1. The fourth-order valence-electron chi connectivity index (χ4n) is 2.00. The molecule has 1 atom stereocenters. The summed E-state index contributed by atoms with van der Waals surface area (Å²) in [4.78, 5) is 10.9. The number of ether oxygens (including phenoxy) is 2. The molecule has 0 aromatic heterocycles. The number of carboxylic acid groups (broad SMARTS) is 1. The SMILES string of the molecule is COCCCNC(CC(=O)O)Cc1ccc(OC)cc1. The summed E-state index contributed by atoms with van der Waals surface area (Å²) >= 11 is 0. The van der Waals surface area contributed by atoms with Gasteiger partial charge in [0, 0.05) is 19.8 Å². The fraction of sp³-hybridized carbons (Fsp3) is 0.533. The Labute approximate surface area is 119 Å². The van der Waals surface area contributed by atoms with Crippen LogP contribution < -0.4 is 10.1 Å². The van der Waals surface area contributed by atoms with E-state index >= 15 is 0 Å². The second kappa shape index (κ2) is 9.34. The third kappa shape index (κ3) is 6.54. The molecule has 0 heterocycles. The van der Waals surface area contributed by atoms with Crippen LogP contribution >= 0.6 is 0 Å². The zero-order valence-electron chi connectivity index (χ0n) is 12.1. The molecule has 0 spiro atoms. The highest BCUT2D eigenvalue weighted by molar-refractivity contribution is 5.67. The van der Waals surface area contributed by atoms with Crippen molar-refractivity contribution in [1.82, 2.24) is 5.32 Å². The summed E-state index contributed by atoms with van der Waals surface area (Å²) in [7, 11) is 3.28. The number of aliphatic carboxylic acids is 1. The first kappa shape index (κ1) is 16.5. The van der Waals surface area contributed by atoms with Crippen LogP contribution in [0.1, 0.15) is 18.4 Å². The third-order valence-electron chi connectivity index (χ3n) is 3.02. The van der Waals surface area contributed by atoms with Crippen LogP contribution in [0.2, 0.25) is 0 Å². The van der Waals surface area contributed by atoms with E-state index in [1.165, 1.54) is 0 Å². The number of hydrogen-bond donors (Lipinski definition) is 2. The van der Waals surface area contributed by atoms with Gasteiger partial charge in [-0.3, -0.25) is 4.79 Å². The molecule has 1 aromatic carbocycles. The van der Waals surface area contributed by atoms with Crippen molar-refractivity contribution >= 4 is 5.97 Å². The van der Waals surface area contributed by atoms with Crippen molar-refractivity contribution in [2.45, 2.75) is 25.3 Å². The Bertz CT molecular complexity index is 391. The first-order valence-electron chi connectivity index (χ1n) is 6.72. The second-order valence-electron chi connectivity index (χ2n) is 4.65.